The number of rotatable bonds is 7. The van der Waals surface area contributed by atoms with Crippen molar-refractivity contribution in [3.05, 3.63) is 106 Å². The number of benzene rings is 3. The zero-order valence-electron chi connectivity index (χ0n) is 29.6. The summed E-state index contributed by atoms with van der Waals surface area (Å²) in [6.45, 7) is 4.15. The summed E-state index contributed by atoms with van der Waals surface area (Å²) in [5, 5.41) is 9.98. The molecule has 3 aromatic rings. The lowest BCUT2D eigenvalue weighted by Crippen LogP contribution is -2.50. The van der Waals surface area contributed by atoms with Gasteiger partial charge in [-0.1, -0.05) is 71.8 Å². The van der Waals surface area contributed by atoms with Crippen LogP contribution in [-0.4, -0.2) is 64.8 Å². The Balaban J connectivity index is 1.12. The van der Waals surface area contributed by atoms with E-state index in [1.54, 1.807) is 19.1 Å². The third-order valence-electron chi connectivity index (χ3n) is 12.4. The van der Waals surface area contributed by atoms with E-state index in [2.05, 4.69) is 17.0 Å². The van der Waals surface area contributed by atoms with Gasteiger partial charge >= 0.3 is 0 Å². The number of methoxy groups -OCH3 is 1. The molecule has 8 rings (SSSR count). The van der Waals surface area contributed by atoms with Crippen molar-refractivity contribution in [1.29, 1.82) is 0 Å². The smallest absolute Gasteiger partial charge is 0.241 e. The van der Waals surface area contributed by atoms with E-state index in [9.17, 15) is 28.7 Å². The van der Waals surface area contributed by atoms with Crippen molar-refractivity contribution < 1.29 is 33.4 Å². The second-order valence-electron chi connectivity index (χ2n) is 15.1. The highest BCUT2D eigenvalue weighted by Gasteiger charge is 2.67. The summed E-state index contributed by atoms with van der Waals surface area (Å²) in [6, 6.07) is 18.8. The molecular weight excluding hydrogens is 697 g/mol. The van der Waals surface area contributed by atoms with Crippen LogP contribution in [0, 0.1) is 40.8 Å². The number of aromatic hydroxyl groups is 1. The van der Waals surface area contributed by atoms with Gasteiger partial charge in [-0.05, 0) is 80.0 Å². The molecule has 11 heteroatoms. The Morgan fingerprint density at radius 2 is 1.72 bits per heavy atom. The average Bonchev–Trinajstić information content (AvgIpc) is 3.53. The van der Waals surface area contributed by atoms with E-state index in [0.717, 1.165) is 36.2 Å². The standard InChI is InChI=1S/C42H41ClFN3O6/c1-42-31(13-8-24-9-15-35(48)36(20-24)53-2)28-11-12-29-37(30(28)22-32(42)39(50)47(41(42)52)27-10-14-34(44)33(43)21-27)40(51)46(38(29)49)26-16-18-45(19-17-26)23-25-6-4-3-5-7-25/h3-11,13-15,20-21,26,29-32,37,48H,12,16-19,22-23H2,1-2H3. The number of carbonyl (C=O) groups is 4. The summed E-state index contributed by atoms with van der Waals surface area (Å²) >= 11 is 6.12. The Kier molecular flexibility index (Phi) is 9.02. The molecule has 9 nitrogen and oxygen atoms in total. The van der Waals surface area contributed by atoms with Gasteiger partial charge < -0.3 is 9.84 Å². The fourth-order valence-corrected chi connectivity index (χ4v) is 9.83. The van der Waals surface area contributed by atoms with Crippen molar-refractivity contribution >= 4 is 47.0 Å². The number of anilines is 1. The molecule has 53 heavy (non-hydrogen) atoms. The average molecular weight is 738 g/mol. The van der Waals surface area contributed by atoms with E-state index in [0.29, 0.717) is 24.8 Å². The van der Waals surface area contributed by atoms with Gasteiger partial charge in [0.25, 0.3) is 0 Å². The number of amides is 4. The Morgan fingerprint density at radius 3 is 2.43 bits per heavy atom. The molecule has 0 radical (unpaired) electrons. The number of ether oxygens (including phenoxy) is 1. The van der Waals surface area contributed by atoms with E-state index < -0.39 is 52.6 Å². The molecule has 0 spiro atoms. The van der Waals surface area contributed by atoms with Crippen LogP contribution in [0.3, 0.4) is 0 Å². The maximum atomic E-state index is 14.6. The predicted molar refractivity (Wildman–Crippen MR) is 197 cm³/mol. The largest absolute Gasteiger partial charge is 0.504 e. The number of likely N-dealkylation sites (tertiary alicyclic amines) is 2. The number of fused-ring (bicyclic) bond motifs is 4. The van der Waals surface area contributed by atoms with E-state index in [1.165, 1.54) is 35.8 Å². The molecule has 6 atom stereocenters. The maximum absolute atomic E-state index is 14.6. The minimum absolute atomic E-state index is 0.0172. The van der Waals surface area contributed by atoms with Gasteiger partial charge in [-0.2, -0.15) is 0 Å². The molecular formula is C42H41ClFN3O6. The quantitative estimate of drug-likeness (QED) is 0.214. The van der Waals surface area contributed by atoms with Crippen LogP contribution in [0.5, 0.6) is 11.5 Å². The second-order valence-corrected chi connectivity index (χ2v) is 15.5. The number of allylic oxidation sites excluding steroid dienone is 3. The molecule has 274 valence electrons. The number of imide groups is 2. The molecule has 3 aromatic carbocycles. The summed E-state index contributed by atoms with van der Waals surface area (Å²) in [5.41, 5.74) is 1.73. The first-order valence-electron chi connectivity index (χ1n) is 18.2. The van der Waals surface area contributed by atoms with Crippen molar-refractivity contribution in [1.82, 2.24) is 9.80 Å². The highest BCUT2D eigenvalue weighted by molar-refractivity contribution is 6.31. The summed E-state index contributed by atoms with van der Waals surface area (Å²) in [6.07, 6.45) is 7.72. The highest BCUT2D eigenvalue weighted by atomic mass is 35.5. The number of phenolic OH excluding ortho intramolecular Hbond substituents is 1. The van der Waals surface area contributed by atoms with E-state index in [-0.39, 0.29) is 46.5 Å². The first kappa shape index (κ1) is 35.2. The zero-order chi connectivity index (χ0) is 37.2. The third kappa shape index (κ3) is 5.78. The molecule has 0 aromatic heterocycles. The molecule has 6 unspecified atom stereocenters. The Hall–Kier alpha value is -4.80. The predicted octanol–water partition coefficient (Wildman–Crippen LogP) is 6.63. The van der Waals surface area contributed by atoms with Crippen LogP contribution in [-0.2, 0) is 25.7 Å². The first-order valence-corrected chi connectivity index (χ1v) is 18.6. The van der Waals surface area contributed by atoms with E-state index in [4.69, 9.17) is 16.3 Å². The van der Waals surface area contributed by atoms with Crippen molar-refractivity contribution in [3.63, 3.8) is 0 Å². The first-order chi connectivity index (χ1) is 25.5. The van der Waals surface area contributed by atoms with Gasteiger partial charge in [0.1, 0.15) is 5.82 Å². The lowest BCUT2D eigenvalue weighted by Gasteiger charge is -2.48. The summed E-state index contributed by atoms with van der Waals surface area (Å²) in [5.74, 6) is -4.66. The van der Waals surface area contributed by atoms with Crippen LogP contribution in [0.1, 0.15) is 43.7 Å². The highest BCUT2D eigenvalue weighted by Crippen LogP contribution is 2.61. The number of carbonyl (C=O) groups excluding carboxylic acids is 4. The zero-order valence-corrected chi connectivity index (χ0v) is 30.3. The molecule has 1 saturated carbocycles. The molecule has 5 aliphatic rings. The minimum Gasteiger partial charge on any atom is -0.504 e. The summed E-state index contributed by atoms with van der Waals surface area (Å²) in [4.78, 5) is 62.6. The van der Waals surface area contributed by atoms with Crippen LogP contribution in [0.25, 0.3) is 6.08 Å². The van der Waals surface area contributed by atoms with Crippen LogP contribution in [0.15, 0.2) is 84.5 Å². The summed E-state index contributed by atoms with van der Waals surface area (Å²) < 4.78 is 19.5. The third-order valence-corrected chi connectivity index (χ3v) is 12.7. The number of piperidine rings is 1. The molecule has 0 bridgehead atoms. The number of halogens is 2. The number of hydrogen-bond donors (Lipinski definition) is 1. The van der Waals surface area contributed by atoms with E-state index in [1.807, 2.05) is 36.4 Å². The Morgan fingerprint density at radius 1 is 0.962 bits per heavy atom. The van der Waals surface area contributed by atoms with Gasteiger partial charge in [-0.15, -0.1) is 0 Å². The molecule has 3 aliphatic heterocycles. The minimum atomic E-state index is -1.25. The molecule has 3 saturated heterocycles. The normalized spacial score (nSPS) is 29.1. The van der Waals surface area contributed by atoms with Crippen molar-refractivity contribution in [2.24, 2.45) is 35.0 Å². The molecule has 4 fully saturated rings. The van der Waals surface area contributed by atoms with Crippen LogP contribution < -0.4 is 9.64 Å². The fourth-order valence-electron chi connectivity index (χ4n) is 9.66. The van der Waals surface area contributed by atoms with Gasteiger partial charge in [0.15, 0.2) is 11.5 Å². The molecule has 4 amide bonds. The summed E-state index contributed by atoms with van der Waals surface area (Å²) in [7, 11) is 1.46. The topological polar surface area (TPSA) is 107 Å². The van der Waals surface area contributed by atoms with E-state index >= 15 is 0 Å². The van der Waals surface area contributed by atoms with Crippen LogP contribution in [0.4, 0.5) is 10.1 Å². The van der Waals surface area contributed by atoms with Gasteiger partial charge in [-0.25, -0.2) is 9.29 Å². The fraction of sp³-hybridized carbons (Fsp3) is 0.381. The monoisotopic (exact) mass is 737 g/mol. The van der Waals surface area contributed by atoms with Crippen molar-refractivity contribution in [2.75, 3.05) is 25.1 Å². The van der Waals surface area contributed by atoms with Gasteiger partial charge in [0.05, 0.1) is 41.0 Å². The SMILES string of the molecule is COc1cc(C=CC2C3=CCC4C(=O)N(C5CCN(Cc6ccccc6)CC5)C(=O)C4C3CC3C(=O)N(c4ccc(F)c(Cl)c4)C(=O)C23C)ccc1O. The number of hydrogen-bond acceptors (Lipinski definition) is 7. The number of phenols is 1. The molecule has 3 heterocycles. The van der Waals surface area contributed by atoms with Gasteiger partial charge in [-0.3, -0.25) is 29.0 Å². The lowest BCUT2D eigenvalue weighted by atomic mass is 9.52. The van der Waals surface area contributed by atoms with Crippen LogP contribution in [0.2, 0.25) is 5.02 Å². The second kappa shape index (κ2) is 13.6. The molecule has 2 aliphatic carbocycles. The van der Waals surface area contributed by atoms with Gasteiger partial charge in [0.2, 0.25) is 23.6 Å². The van der Waals surface area contributed by atoms with Crippen LogP contribution >= 0.6 is 11.6 Å². The van der Waals surface area contributed by atoms with Crippen molar-refractivity contribution in [2.45, 2.75) is 45.2 Å². The van der Waals surface area contributed by atoms with Gasteiger partial charge in [0, 0.05) is 31.6 Å². The maximum Gasteiger partial charge on any atom is 0.241 e. The Bertz CT molecular complexity index is 2060. The van der Waals surface area contributed by atoms with Crippen molar-refractivity contribution in [3.8, 4) is 11.5 Å². The number of nitrogens with zero attached hydrogens (tertiary/aromatic N) is 3. The lowest BCUT2D eigenvalue weighted by molar-refractivity contribution is -0.144. The Labute approximate surface area is 312 Å². The molecule has 1 N–H and O–H groups in total.